The quantitative estimate of drug-likeness (QED) is 0.446. The monoisotopic (exact) mass is 522 g/mol. The van der Waals surface area contributed by atoms with E-state index in [1.54, 1.807) is 43.0 Å². The van der Waals surface area contributed by atoms with Crippen LogP contribution in [0, 0.1) is 5.92 Å². The van der Waals surface area contributed by atoms with Gasteiger partial charge in [-0.15, -0.1) is 0 Å². The molecule has 0 radical (unpaired) electrons. The lowest BCUT2D eigenvalue weighted by molar-refractivity contribution is -0.136. The predicted molar refractivity (Wildman–Crippen MR) is 140 cm³/mol. The Hall–Kier alpha value is -4.08. The summed E-state index contributed by atoms with van der Waals surface area (Å²) in [4.78, 5) is 54.3. The van der Waals surface area contributed by atoms with Gasteiger partial charge in [-0.2, -0.15) is 0 Å². The number of phenols is 1. The van der Waals surface area contributed by atoms with Crippen LogP contribution >= 0.6 is 0 Å². The summed E-state index contributed by atoms with van der Waals surface area (Å²) in [6.45, 7) is 6.34. The molecule has 202 valence electrons. The topological polar surface area (TPSA) is 137 Å². The van der Waals surface area contributed by atoms with E-state index in [-0.39, 0.29) is 29.6 Å². The van der Waals surface area contributed by atoms with Gasteiger partial charge in [0.15, 0.2) is 0 Å². The number of carbonyl (C=O) groups is 4. The Balaban J connectivity index is 1.69. The van der Waals surface area contributed by atoms with E-state index in [1.807, 2.05) is 0 Å². The largest absolute Gasteiger partial charge is 0.507 e. The van der Waals surface area contributed by atoms with Crippen LogP contribution in [0.3, 0.4) is 0 Å². The third-order valence-corrected chi connectivity index (χ3v) is 6.83. The average molecular weight is 523 g/mol. The van der Waals surface area contributed by atoms with Crippen molar-refractivity contribution in [3.05, 3.63) is 53.6 Å². The normalized spacial score (nSPS) is 22.7. The molecular formula is C28H34N4O6. The summed E-state index contributed by atoms with van der Waals surface area (Å²) in [5.41, 5.74) is 0.770. The van der Waals surface area contributed by atoms with E-state index in [1.165, 1.54) is 25.1 Å². The smallest absolute Gasteiger partial charge is 0.255 e. The Kier molecular flexibility index (Phi) is 8.19. The van der Waals surface area contributed by atoms with E-state index in [4.69, 9.17) is 4.74 Å². The molecule has 0 spiro atoms. The lowest BCUT2D eigenvalue weighted by atomic mass is 10.0. The molecule has 3 heterocycles. The number of ether oxygens (including phenoxy) is 1. The van der Waals surface area contributed by atoms with Crippen LogP contribution in [0.1, 0.15) is 49.5 Å². The van der Waals surface area contributed by atoms with Crippen molar-refractivity contribution in [2.75, 3.05) is 13.1 Å². The fourth-order valence-electron chi connectivity index (χ4n) is 4.60. The highest BCUT2D eigenvalue weighted by Crippen LogP contribution is 2.28. The van der Waals surface area contributed by atoms with E-state index in [2.05, 4.69) is 16.0 Å². The minimum Gasteiger partial charge on any atom is -0.507 e. The molecule has 4 N–H and O–H groups in total. The number of fused-ring (bicyclic) bond motifs is 11. The molecule has 4 bridgehead atoms. The SMILES string of the molecule is CC(C)[C@@H]1NC(=O)c2cc(ccc2O)Oc2ccc(cc2)C[C@@H](C(=O)N2CCCC2)NC(=O)[C@H](C)NC1=O. The Morgan fingerprint density at radius 2 is 1.61 bits per heavy atom. The molecule has 4 amide bonds. The van der Waals surface area contributed by atoms with Gasteiger partial charge in [0, 0.05) is 19.5 Å². The zero-order valence-electron chi connectivity index (χ0n) is 21.8. The van der Waals surface area contributed by atoms with Gasteiger partial charge in [-0.1, -0.05) is 26.0 Å². The number of rotatable bonds is 2. The van der Waals surface area contributed by atoms with E-state index in [0.717, 1.165) is 18.4 Å². The standard InChI is InChI=1S/C28H34N4O6/c1-16(2)24-27(36)29-17(3)25(34)30-22(28(37)32-12-4-5-13-32)14-18-6-8-19(9-7-18)38-20-10-11-23(33)21(15-20)26(35)31-24/h6-11,15-17,22,24,33H,4-5,12-14H2,1-3H3,(H,29,36)(H,30,34)(H,31,35)/t17-,22-,24-/m0/s1. The van der Waals surface area contributed by atoms with Crippen LogP contribution < -0.4 is 20.7 Å². The molecule has 1 fully saturated rings. The molecule has 1 saturated heterocycles. The van der Waals surface area contributed by atoms with E-state index in [0.29, 0.717) is 24.6 Å². The second-order valence-electron chi connectivity index (χ2n) is 10.1. The summed E-state index contributed by atoms with van der Waals surface area (Å²) < 4.78 is 5.89. The van der Waals surface area contributed by atoms with Crippen LogP contribution in [0.2, 0.25) is 0 Å². The summed E-state index contributed by atoms with van der Waals surface area (Å²) in [7, 11) is 0. The number of hydrogen-bond donors (Lipinski definition) is 4. The number of likely N-dealkylation sites (tertiary alicyclic amines) is 1. The third-order valence-electron chi connectivity index (χ3n) is 6.83. The van der Waals surface area contributed by atoms with Gasteiger partial charge < -0.3 is 30.7 Å². The average Bonchev–Trinajstić information content (AvgIpc) is 3.42. The zero-order valence-corrected chi connectivity index (χ0v) is 21.8. The molecule has 10 heteroatoms. The van der Waals surface area contributed by atoms with Crippen molar-refractivity contribution in [1.29, 1.82) is 0 Å². The Bertz CT molecular complexity index is 1210. The highest BCUT2D eigenvalue weighted by atomic mass is 16.5. The molecule has 3 aliphatic rings. The van der Waals surface area contributed by atoms with Crippen LogP contribution in [-0.2, 0) is 20.8 Å². The van der Waals surface area contributed by atoms with Crippen molar-refractivity contribution >= 4 is 23.6 Å². The van der Waals surface area contributed by atoms with Crippen molar-refractivity contribution < 1.29 is 29.0 Å². The maximum atomic E-state index is 13.3. The van der Waals surface area contributed by atoms with Crippen molar-refractivity contribution in [1.82, 2.24) is 20.9 Å². The van der Waals surface area contributed by atoms with Gasteiger partial charge in [0.2, 0.25) is 17.7 Å². The summed E-state index contributed by atoms with van der Waals surface area (Å²) in [6, 6.07) is 8.64. The number of nitrogens with zero attached hydrogens (tertiary/aromatic N) is 1. The number of carbonyl (C=O) groups excluding carboxylic acids is 4. The summed E-state index contributed by atoms with van der Waals surface area (Å²) in [5, 5.41) is 18.4. The number of hydrogen-bond acceptors (Lipinski definition) is 6. The molecule has 2 aromatic rings. The molecule has 0 aliphatic carbocycles. The lowest BCUT2D eigenvalue weighted by Gasteiger charge is -2.27. The molecule has 2 aromatic carbocycles. The first-order valence-electron chi connectivity index (χ1n) is 12.9. The summed E-state index contributed by atoms with van der Waals surface area (Å²) in [5.74, 6) is -1.63. The highest BCUT2D eigenvalue weighted by molar-refractivity contribution is 6.00. The molecule has 3 aliphatic heterocycles. The minimum atomic E-state index is -0.977. The zero-order chi connectivity index (χ0) is 27.4. The first-order valence-corrected chi connectivity index (χ1v) is 12.9. The van der Waals surface area contributed by atoms with Gasteiger partial charge in [0.1, 0.15) is 35.4 Å². The van der Waals surface area contributed by atoms with Crippen LogP contribution in [0.15, 0.2) is 42.5 Å². The lowest BCUT2D eigenvalue weighted by Crippen LogP contribution is -2.57. The van der Waals surface area contributed by atoms with Crippen molar-refractivity contribution in [2.24, 2.45) is 5.92 Å². The summed E-state index contributed by atoms with van der Waals surface area (Å²) >= 11 is 0. The first-order chi connectivity index (χ1) is 18.1. The van der Waals surface area contributed by atoms with Crippen molar-refractivity contribution in [3.8, 4) is 17.2 Å². The van der Waals surface area contributed by atoms with Crippen LogP contribution in [-0.4, -0.2) is 64.9 Å². The fraction of sp³-hybridized carbons (Fsp3) is 0.429. The molecule has 10 nitrogen and oxygen atoms in total. The predicted octanol–water partition coefficient (Wildman–Crippen LogP) is 2.11. The van der Waals surface area contributed by atoms with Gasteiger partial charge >= 0.3 is 0 Å². The Labute approximate surface area is 221 Å². The maximum Gasteiger partial charge on any atom is 0.255 e. The number of phenolic OH excluding ortho intramolecular Hbond substituents is 1. The van der Waals surface area contributed by atoms with Gasteiger partial charge in [-0.25, -0.2) is 0 Å². The Morgan fingerprint density at radius 1 is 0.947 bits per heavy atom. The van der Waals surface area contributed by atoms with Gasteiger partial charge in [-0.3, -0.25) is 19.2 Å². The van der Waals surface area contributed by atoms with E-state index in [9.17, 15) is 24.3 Å². The molecule has 0 aromatic heterocycles. The van der Waals surface area contributed by atoms with Crippen LogP contribution in [0.5, 0.6) is 17.2 Å². The molecule has 0 saturated carbocycles. The number of nitrogens with one attached hydrogen (secondary N) is 3. The van der Waals surface area contributed by atoms with Crippen LogP contribution in [0.4, 0.5) is 0 Å². The van der Waals surface area contributed by atoms with Crippen molar-refractivity contribution in [3.63, 3.8) is 0 Å². The molecule has 38 heavy (non-hydrogen) atoms. The minimum absolute atomic E-state index is 0.0484. The van der Waals surface area contributed by atoms with Crippen LogP contribution in [0.25, 0.3) is 0 Å². The van der Waals surface area contributed by atoms with Gasteiger partial charge in [-0.05, 0) is 61.6 Å². The fourth-order valence-corrected chi connectivity index (χ4v) is 4.60. The van der Waals surface area contributed by atoms with Crippen molar-refractivity contribution in [2.45, 2.75) is 58.2 Å². The van der Waals surface area contributed by atoms with Gasteiger partial charge in [0.05, 0.1) is 5.56 Å². The van der Waals surface area contributed by atoms with Gasteiger partial charge in [0.25, 0.3) is 5.91 Å². The highest BCUT2D eigenvalue weighted by Gasteiger charge is 2.32. The number of benzene rings is 2. The first kappa shape index (κ1) is 27.0. The second-order valence-corrected chi connectivity index (χ2v) is 10.1. The number of aromatic hydroxyl groups is 1. The molecule has 0 unspecified atom stereocenters. The second kappa shape index (κ2) is 11.5. The molecule has 5 rings (SSSR count). The molecular weight excluding hydrogens is 488 g/mol. The van der Waals surface area contributed by atoms with E-state index < -0.39 is 35.8 Å². The maximum absolute atomic E-state index is 13.3. The Morgan fingerprint density at radius 3 is 2.26 bits per heavy atom. The molecule has 3 atom stereocenters. The third kappa shape index (κ3) is 6.24. The van der Waals surface area contributed by atoms with E-state index >= 15 is 0 Å². The number of amides is 4. The summed E-state index contributed by atoms with van der Waals surface area (Å²) in [6.07, 6.45) is 2.12.